The number of carbonyl (C=O) groups is 1. The Labute approximate surface area is 128 Å². The van der Waals surface area contributed by atoms with Gasteiger partial charge in [-0.15, -0.1) is 27.8 Å². The van der Waals surface area contributed by atoms with E-state index in [1.54, 1.807) is 18.4 Å². The number of thiophene rings is 1. The molecule has 0 radical (unpaired) electrons. The van der Waals surface area contributed by atoms with Crippen LogP contribution in [0, 0.1) is 0 Å². The zero-order valence-corrected chi connectivity index (χ0v) is 12.6. The lowest BCUT2D eigenvalue weighted by Crippen LogP contribution is -2.53. The lowest BCUT2D eigenvalue weighted by atomic mass is 10.3. The quantitative estimate of drug-likeness (QED) is 0.918. The topological polar surface area (TPSA) is 73.2 Å². The number of hydrogen-bond acceptors (Lipinski definition) is 7. The fraction of sp³-hybridized carbons (Fsp3) is 0.167. The van der Waals surface area contributed by atoms with Crippen molar-refractivity contribution >= 4 is 40.3 Å². The average Bonchev–Trinajstić information content (AvgIpc) is 3.20. The predicted octanol–water partition coefficient (Wildman–Crippen LogP) is 1.82. The number of urea groups is 1. The van der Waals surface area contributed by atoms with Crippen LogP contribution in [0.4, 0.5) is 4.79 Å². The summed E-state index contributed by atoms with van der Waals surface area (Å²) in [5, 5.41) is 10.3. The highest BCUT2D eigenvalue weighted by Crippen LogP contribution is 2.27. The Balaban J connectivity index is 1.68. The van der Waals surface area contributed by atoms with Crippen molar-refractivity contribution in [1.82, 2.24) is 20.4 Å². The van der Waals surface area contributed by atoms with Crippen LogP contribution in [-0.4, -0.2) is 46.2 Å². The zero-order chi connectivity index (χ0) is 14.4. The van der Waals surface area contributed by atoms with Crippen molar-refractivity contribution in [2.45, 2.75) is 0 Å². The van der Waals surface area contributed by atoms with Gasteiger partial charge in [0.1, 0.15) is 17.4 Å². The molecule has 1 N–H and O–H groups in total. The van der Waals surface area contributed by atoms with Crippen molar-refractivity contribution in [3.05, 3.63) is 27.9 Å². The molecular formula is C12H10N6OS2. The van der Waals surface area contributed by atoms with Crippen LogP contribution in [0.15, 0.2) is 33.0 Å². The zero-order valence-electron chi connectivity index (χ0n) is 11.0. The van der Waals surface area contributed by atoms with E-state index in [1.807, 2.05) is 22.9 Å². The third-order valence-electron chi connectivity index (χ3n) is 3.14. The van der Waals surface area contributed by atoms with Gasteiger partial charge in [0.25, 0.3) is 0 Å². The molecule has 0 unspecified atom stereocenters. The van der Waals surface area contributed by atoms with Gasteiger partial charge in [0.05, 0.1) is 10.6 Å². The molecule has 0 atom stereocenters. The van der Waals surface area contributed by atoms with E-state index in [4.69, 9.17) is 0 Å². The number of hydrazone groups is 1. The summed E-state index contributed by atoms with van der Waals surface area (Å²) in [5.74, 6) is 0.533. The van der Waals surface area contributed by atoms with E-state index in [9.17, 15) is 4.79 Å². The number of hydrogen-bond donors (Lipinski definition) is 1. The summed E-state index contributed by atoms with van der Waals surface area (Å²) in [6.07, 6.45) is 0. The SMILES string of the molecule is CN1NN=C2C(c3nc(-c4cccs4)cs3)=NCN2C1=O. The Hall–Kier alpha value is -2.26. The molecule has 0 fully saturated rings. The summed E-state index contributed by atoms with van der Waals surface area (Å²) >= 11 is 3.15. The van der Waals surface area contributed by atoms with Crippen molar-refractivity contribution in [2.75, 3.05) is 13.7 Å². The Kier molecular flexibility index (Phi) is 2.76. The van der Waals surface area contributed by atoms with Gasteiger partial charge in [-0.1, -0.05) is 6.07 Å². The number of hydrazine groups is 1. The van der Waals surface area contributed by atoms with Gasteiger partial charge in [-0.2, -0.15) is 0 Å². The Morgan fingerprint density at radius 1 is 1.38 bits per heavy atom. The number of nitrogens with zero attached hydrogens (tertiary/aromatic N) is 5. The summed E-state index contributed by atoms with van der Waals surface area (Å²) in [6, 6.07) is 3.86. The maximum Gasteiger partial charge on any atom is 0.346 e. The second-order valence-corrected chi connectivity index (χ2v) is 6.27. The Morgan fingerprint density at radius 2 is 2.29 bits per heavy atom. The number of rotatable bonds is 2. The second-order valence-electron chi connectivity index (χ2n) is 4.47. The van der Waals surface area contributed by atoms with E-state index < -0.39 is 0 Å². The standard InChI is InChI=1S/C12H10N6OS2/c1-17-12(19)18-6-13-9(10(18)15-16-17)11-14-7(5-21-11)8-3-2-4-20-8/h2-5,16H,6H2,1H3. The van der Waals surface area contributed by atoms with E-state index in [0.717, 1.165) is 15.6 Å². The van der Waals surface area contributed by atoms with Crippen LogP contribution in [0.25, 0.3) is 10.6 Å². The smallest absolute Gasteiger partial charge is 0.256 e. The van der Waals surface area contributed by atoms with Crippen molar-refractivity contribution in [3.63, 3.8) is 0 Å². The maximum atomic E-state index is 12.0. The molecule has 0 spiro atoms. The fourth-order valence-corrected chi connectivity index (χ4v) is 3.68. The summed E-state index contributed by atoms with van der Waals surface area (Å²) in [7, 11) is 1.62. The molecule has 2 amide bonds. The maximum absolute atomic E-state index is 12.0. The van der Waals surface area contributed by atoms with Crippen LogP contribution in [0.1, 0.15) is 5.01 Å². The van der Waals surface area contributed by atoms with E-state index in [0.29, 0.717) is 11.5 Å². The highest BCUT2D eigenvalue weighted by Gasteiger charge is 2.36. The second kappa shape index (κ2) is 4.64. The van der Waals surface area contributed by atoms with Gasteiger partial charge < -0.3 is 0 Å². The van der Waals surface area contributed by atoms with Crippen molar-refractivity contribution in [1.29, 1.82) is 0 Å². The van der Waals surface area contributed by atoms with Crippen LogP contribution in [-0.2, 0) is 0 Å². The number of amides is 2. The summed E-state index contributed by atoms with van der Waals surface area (Å²) < 4.78 is 0. The number of amidine groups is 1. The van der Waals surface area contributed by atoms with Crippen molar-refractivity contribution in [2.24, 2.45) is 10.1 Å². The van der Waals surface area contributed by atoms with Crippen molar-refractivity contribution in [3.8, 4) is 10.6 Å². The summed E-state index contributed by atoms with van der Waals surface area (Å²) in [4.78, 5) is 23.7. The fourth-order valence-electron chi connectivity index (χ4n) is 2.10. The number of carbonyl (C=O) groups excluding carboxylic acids is 1. The molecule has 7 nitrogen and oxygen atoms in total. The van der Waals surface area contributed by atoms with E-state index >= 15 is 0 Å². The largest absolute Gasteiger partial charge is 0.346 e. The minimum Gasteiger partial charge on any atom is -0.256 e. The predicted molar refractivity (Wildman–Crippen MR) is 82.4 cm³/mol. The molecule has 9 heteroatoms. The molecular weight excluding hydrogens is 308 g/mol. The molecule has 4 heterocycles. The molecule has 0 saturated heterocycles. The third-order valence-corrected chi connectivity index (χ3v) is 4.88. The molecule has 0 aromatic carbocycles. The highest BCUT2D eigenvalue weighted by molar-refractivity contribution is 7.15. The molecule has 106 valence electrons. The van der Waals surface area contributed by atoms with Gasteiger partial charge in [0, 0.05) is 12.4 Å². The van der Waals surface area contributed by atoms with Gasteiger partial charge in [-0.3, -0.25) is 9.89 Å². The first-order valence-corrected chi connectivity index (χ1v) is 7.93. The Bertz CT molecular complexity index is 763. The van der Waals surface area contributed by atoms with Crippen LogP contribution in [0.3, 0.4) is 0 Å². The molecule has 21 heavy (non-hydrogen) atoms. The summed E-state index contributed by atoms with van der Waals surface area (Å²) in [6.45, 7) is 0.285. The number of fused-ring (bicyclic) bond motifs is 1. The monoisotopic (exact) mass is 318 g/mol. The lowest BCUT2D eigenvalue weighted by molar-refractivity contribution is 0.159. The van der Waals surface area contributed by atoms with Gasteiger partial charge in [0.15, 0.2) is 5.84 Å². The number of aliphatic imine (C=N–C) groups is 1. The van der Waals surface area contributed by atoms with Crippen molar-refractivity contribution < 1.29 is 4.79 Å². The molecule has 2 aromatic heterocycles. The van der Waals surface area contributed by atoms with E-state index in [-0.39, 0.29) is 12.7 Å². The van der Waals surface area contributed by atoms with E-state index in [2.05, 4.69) is 20.6 Å². The normalized spacial score (nSPS) is 17.5. The average molecular weight is 318 g/mol. The van der Waals surface area contributed by atoms with Crippen LogP contribution in [0.5, 0.6) is 0 Å². The first-order valence-electron chi connectivity index (χ1n) is 6.17. The molecule has 2 aliphatic heterocycles. The number of thiazole rings is 1. The van der Waals surface area contributed by atoms with Gasteiger partial charge in [-0.05, 0) is 11.4 Å². The first kappa shape index (κ1) is 12.5. The summed E-state index contributed by atoms with van der Waals surface area (Å²) in [5.41, 5.74) is 4.26. The molecule has 0 aliphatic carbocycles. The van der Waals surface area contributed by atoms with Crippen LogP contribution < -0.4 is 5.53 Å². The third kappa shape index (κ3) is 1.93. The van der Waals surface area contributed by atoms with Gasteiger partial charge >= 0.3 is 6.03 Å². The van der Waals surface area contributed by atoms with Gasteiger partial charge in [0.2, 0.25) is 0 Å². The van der Waals surface area contributed by atoms with Crippen LogP contribution >= 0.6 is 22.7 Å². The molecule has 4 rings (SSSR count). The lowest BCUT2D eigenvalue weighted by Gasteiger charge is -2.28. The minimum absolute atomic E-state index is 0.172. The van der Waals surface area contributed by atoms with Gasteiger partial charge in [-0.25, -0.2) is 20.3 Å². The molecule has 0 bridgehead atoms. The number of nitrogens with one attached hydrogen (secondary N) is 1. The Morgan fingerprint density at radius 3 is 3.10 bits per heavy atom. The first-order chi connectivity index (χ1) is 10.2. The molecule has 0 saturated carbocycles. The minimum atomic E-state index is -0.172. The van der Waals surface area contributed by atoms with Crippen LogP contribution in [0.2, 0.25) is 0 Å². The number of aromatic nitrogens is 1. The highest BCUT2D eigenvalue weighted by atomic mass is 32.1. The molecule has 2 aliphatic rings. The van der Waals surface area contributed by atoms with E-state index in [1.165, 1.54) is 21.2 Å². The molecule has 2 aromatic rings.